The van der Waals surface area contributed by atoms with Crippen molar-refractivity contribution in [3.8, 4) is 0 Å². The van der Waals surface area contributed by atoms with Crippen molar-refractivity contribution in [2.45, 2.75) is 31.5 Å². The Kier molecular flexibility index (Phi) is 4.27. The topological polar surface area (TPSA) is 49.3 Å². The number of alkyl halides is 3. The van der Waals surface area contributed by atoms with Crippen molar-refractivity contribution >= 4 is 27.6 Å². The van der Waals surface area contributed by atoms with Gasteiger partial charge >= 0.3 is 12.1 Å². The molecule has 0 saturated heterocycles. The van der Waals surface area contributed by atoms with Crippen molar-refractivity contribution in [3.63, 3.8) is 0 Å². The average Bonchev–Trinajstić information content (AvgIpc) is 3.09. The van der Waals surface area contributed by atoms with E-state index >= 15 is 0 Å². The zero-order valence-corrected chi connectivity index (χ0v) is 12.0. The van der Waals surface area contributed by atoms with Crippen LogP contribution in [-0.4, -0.2) is 17.1 Å². The van der Waals surface area contributed by atoms with Crippen LogP contribution in [0.4, 0.5) is 18.9 Å². The number of hydrogen-bond donors (Lipinski definition) is 2. The van der Waals surface area contributed by atoms with Crippen molar-refractivity contribution in [1.29, 1.82) is 0 Å². The van der Waals surface area contributed by atoms with E-state index in [1.165, 1.54) is 12.1 Å². The highest BCUT2D eigenvalue weighted by Gasteiger charge is 2.37. The second-order valence-corrected chi connectivity index (χ2v) is 5.79. The van der Waals surface area contributed by atoms with Crippen LogP contribution < -0.4 is 5.32 Å². The van der Waals surface area contributed by atoms with Gasteiger partial charge in [-0.3, -0.25) is 4.79 Å². The van der Waals surface area contributed by atoms with Gasteiger partial charge in [-0.25, -0.2) is 0 Å². The Bertz CT molecular complexity index is 515. The van der Waals surface area contributed by atoms with Crippen LogP contribution in [0, 0.1) is 5.92 Å². The molecule has 1 atom stereocenters. The third kappa shape index (κ3) is 3.88. The number of anilines is 1. The summed E-state index contributed by atoms with van der Waals surface area (Å²) in [5.41, 5.74) is -0.859. The maximum absolute atomic E-state index is 12.9. The van der Waals surface area contributed by atoms with Crippen LogP contribution in [0.15, 0.2) is 22.7 Å². The minimum atomic E-state index is -4.47. The number of rotatable bonds is 5. The molecule has 0 aliphatic heterocycles. The molecule has 2 rings (SSSR count). The van der Waals surface area contributed by atoms with Crippen molar-refractivity contribution in [3.05, 3.63) is 28.2 Å². The Morgan fingerprint density at radius 3 is 2.60 bits per heavy atom. The van der Waals surface area contributed by atoms with E-state index in [0.29, 0.717) is 4.47 Å². The average molecular weight is 352 g/mol. The first-order chi connectivity index (χ1) is 9.27. The summed E-state index contributed by atoms with van der Waals surface area (Å²) < 4.78 is 39.3. The van der Waals surface area contributed by atoms with E-state index in [2.05, 4.69) is 21.2 Å². The predicted molar refractivity (Wildman–Crippen MR) is 71.5 cm³/mol. The lowest BCUT2D eigenvalue weighted by molar-refractivity contribution is -0.137. The van der Waals surface area contributed by atoms with Crippen LogP contribution in [0.2, 0.25) is 0 Å². The molecule has 1 aromatic carbocycles. The third-order valence-electron chi connectivity index (χ3n) is 3.21. The SMILES string of the molecule is O=C(O)CC(Nc1cc(Br)ccc1C(F)(F)F)C1CC1. The number of hydrogen-bond acceptors (Lipinski definition) is 2. The zero-order chi connectivity index (χ0) is 14.9. The van der Waals surface area contributed by atoms with Crippen LogP contribution in [0.25, 0.3) is 0 Å². The number of carbonyl (C=O) groups is 1. The number of halogens is 4. The molecular formula is C13H13BrF3NO2. The summed E-state index contributed by atoms with van der Waals surface area (Å²) in [7, 11) is 0. The highest BCUT2D eigenvalue weighted by molar-refractivity contribution is 9.10. The van der Waals surface area contributed by atoms with E-state index in [0.717, 1.165) is 18.9 Å². The van der Waals surface area contributed by atoms with Crippen molar-refractivity contribution in [2.24, 2.45) is 5.92 Å². The molecule has 1 fully saturated rings. The first kappa shape index (κ1) is 15.2. The number of benzene rings is 1. The minimum absolute atomic E-state index is 0.0787. The van der Waals surface area contributed by atoms with E-state index < -0.39 is 23.8 Å². The monoisotopic (exact) mass is 351 g/mol. The van der Waals surface area contributed by atoms with E-state index in [1.807, 2.05) is 0 Å². The summed E-state index contributed by atoms with van der Waals surface area (Å²) in [5.74, 6) is -0.885. The molecule has 1 aromatic rings. The van der Waals surface area contributed by atoms with Gasteiger partial charge in [0.15, 0.2) is 0 Å². The normalized spacial score (nSPS) is 16.8. The van der Waals surface area contributed by atoms with Crippen molar-refractivity contribution in [1.82, 2.24) is 0 Å². The molecule has 0 heterocycles. The van der Waals surface area contributed by atoms with Gasteiger partial charge in [0.1, 0.15) is 0 Å². The van der Waals surface area contributed by atoms with Gasteiger partial charge in [0.05, 0.1) is 12.0 Å². The van der Waals surface area contributed by atoms with E-state index in [1.54, 1.807) is 0 Å². The van der Waals surface area contributed by atoms with Crippen molar-refractivity contribution in [2.75, 3.05) is 5.32 Å². The van der Waals surface area contributed by atoms with Crippen LogP contribution in [0.1, 0.15) is 24.8 Å². The van der Waals surface area contributed by atoms with Gasteiger partial charge in [-0.05, 0) is 37.0 Å². The van der Waals surface area contributed by atoms with E-state index in [-0.39, 0.29) is 18.0 Å². The standard InChI is InChI=1S/C13H13BrF3NO2/c14-8-3-4-9(13(15,16)17)11(5-8)18-10(6-12(19)20)7-1-2-7/h3-5,7,10,18H,1-2,6H2,(H,19,20). The first-order valence-electron chi connectivity index (χ1n) is 6.12. The maximum atomic E-state index is 12.9. The highest BCUT2D eigenvalue weighted by atomic mass is 79.9. The molecule has 20 heavy (non-hydrogen) atoms. The Morgan fingerprint density at radius 2 is 2.10 bits per heavy atom. The highest BCUT2D eigenvalue weighted by Crippen LogP contribution is 2.40. The molecule has 0 radical (unpaired) electrons. The summed E-state index contributed by atoms with van der Waals surface area (Å²) in [5, 5.41) is 11.6. The maximum Gasteiger partial charge on any atom is 0.418 e. The molecular weight excluding hydrogens is 339 g/mol. The Balaban J connectivity index is 2.26. The fraction of sp³-hybridized carbons (Fsp3) is 0.462. The third-order valence-corrected chi connectivity index (χ3v) is 3.71. The predicted octanol–water partition coefficient (Wildman–Crippen LogP) is 4.13. The summed E-state index contributed by atoms with van der Waals surface area (Å²) in [4.78, 5) is 10.8. The number of nitrogens with one attached hydrogen (secondary N) is 1. The van der Waals surface area contributed by atoms with Gasteiger partial charge in [-0.15, -0.1) is 0 Å². The summed E-state index contributed by atoms with van der Waals surface area (Å²) in [6.07, 6.45) is -2.96. The quantitative estimate of drug-likeness (QED) is 0.838. The van der Waals surface area contributed by atoms with Crippen LogP contribution in [0.3, 0.4) is 0 Å². The molecule has 1 saturated carbocycles. The van der Waals surface area contributed by atoms with Gasteiger partial charge in [0.25, 0.3) is 0 Å². The first-order valence-corrected chi connectivity index (χ1v) is 6.91. The molecule has 0 amide bonds. The fourth-order valence-electron chi connectivity index (χ4n) is 2.11. The Morgan fingerprint density at radius 1 is 1.45 bits per heavy atom. The molecule has 0 aromatic heterocycles. The van der Waals surface area contributed by atoms with E-state index in [9.17, 15) is 18.0 Å². The summed E-state index contributed by atoms with van der Waals surface area (Å²) in [6, 6.07) is 3.16. The van der Waals surface area contributed by atoms with Gasteiger partial charge < -0.3 is 10.4 Å². The number of aliphatic carboxylic acids is 1. The molecule has 7 heteroatoms. The number of carboxylic acid groups (broad SMARTS) is 1. The second kappa shape index (κ2) is 5.63. The molecule has 2 N–H and O–H groups in total. The van der Waals surface area contributed by atoms with Crippen molar-refractivity contribution < 1.29 is 23.1 Å². The van der Waals surface area contributed by atoms with E-state index in [4.69, 9.17) is 5.11 Å². The molecule has 3 nitrogen and oxygen atoms in total. The molecule has 0 spiro atoms. The number of carboxylic acids is 1. The molecule has 0 bridgehead atoms. The zero-order valence-electron chi connectivity index (χ0n) is 10.4. The van der Waals surface area contributed by atoms with Gasteiger partial charge in [0, 0.05) is 16.2 Å². The Hall–Kier alpha value is -1.24. The second-order valence-electron chi connectivity index (χ2n) is 4.87. The molecule has 1 aliphatic carbocycles. The molecule has 1 unspecified atom stereocenters. The van der Waals surface area contributed by atoms with Gasteiger partial charge in [-0.1, -0.05) is 15.9 Å². The van der Waals surface area contributed by atoms with Gasteiger partial charge in [-0.2, -0.15) is 13.2 Å². The van der Waals surface area contributed by atoms with Crippen LogP contribution in [-0.2, 0) is 11.0 Å². The lowest BCUT2D eigenvalue weighted by atomic mass is 10.1. The minimum Gasteiger partial charge on any atom is -0.481 e. The van der Waals surface area contributed by atoms with Crippen LogP contribution >= 0.6 is 15.9 Å². The smallest absolute Gasteiger partial charge is 0.418 e. The molecule has 1 aliphatic rings. The Labute approximate surface area is 122 Å². The van der Waals surface area contributed by atoms with Crippen LogP contribution in [0.5, 0.6) is 0 Å². The molecule has 110 valence electrons. The summed E-state index contributed by atoms with van der Waals surface area (Å²) in [6.45, 7) is 0. The fourth-order valence-corrected chi connectivity index (χ4v) is 2.47. The van der Waals surface area contributed by atoms with Gasteiger partial charge in [0.2, 0.25) is 0 Å². The lowest BCUT2D eigenvalue weighted by Gasteiger charge is -2.21. The lowest BCUT2D eigenvalue weighted by Crippen LogP contribution is -2.26. The largest absolute Gasteiger partial charge is 0.481 e. The summed E-state index contributed by atoms with van der Waals surface area (Å²) >= 11 is 3.13.